The van der Waals surface area contributed by atoms with E-state index < -0.39 is 0 Å². The van der Waals surface area contributed by atoms with Gasteiger partial charge in [0.1, 0.15) is 5.82 Å². The maximum atomic E-state index is 13.5. The maximum absolute atomic E-state index is 13.5. The van der Waals surface area contributed by atoms with Gasteiger partial charge >= 0.3 is 0 Å². The zero-order valence-electron chi connectivity index (χ0n) is 11.7. The Balaban J connectivity index is 1.64. The van der Waals surface area contributed by atoms with Crippen LogP contribution in [0, 0.1) is 5.82 Å². The Bertz CT molecular complexity index is 604. The molecule has 0 spiro atoms. The minimum atomic E-state index is -0.222. The average molecular weight is 307 g/mol. The van der Waals surface area contributed by atoms with Gasteiger partial charge in [-0.15, -0.1) is 11.8 Å². The zero-order chi connectivity index (χ0) is 14.7. The van der Waals surface area contributed by atoms with Gasteiger partial charge in [-0.25, -0.2) is 4.39 Å². The van der Waals surface area contributed by atoms with E-state index in [0.29, 0.717) is 22.4 Å². The molecule has 6 heteroatoms. The first-order valence-corrected chi connectivity index (χ1v) is 8.18. The molecular weight excluding hydrogens is 289 g/mol. The zero-order valence-corrected chi connectivity index (χ0v) is 12.5. The van der Waals surface area contributed by atoms with Gasteiger partial charge < -0.3 is 10.3 Å². The lowest BCUT2D eigenvalue weighted by Gasteiger charge is -2.25. The van der Waals surface area contributed by atoms with Crippen molar-refractivity contribution in [3.8, 4) is 0 Å². The summed E-state index contributed by atoms with van der Waals surface area (Å²) in [6.07, 6.45) is 4.33. The second-order valence-corrected chi connectivity index (χ2v) is 6.34. The molecule has 0 aliphatic heterocycles. The molecule has 112 valence electrons. The predicted octanol–water partition coefficient (Wildman–Crippen LogP) is 3.49. The van der Waals surface area contributed by atoms with Crippen molar-refractivity contribution in [2.75, 3.05) is 0 Å². The van der Waals surface area contributed by atoms with Crippen molar-refractivity contribution in [1.29, 1.82) is 0 Å². The Morgan fingerprint density at radius 1 is 1.29 bits per heavy atom. The van der Waals surface area contributed by atoms with Crippen LogP contribution in [0.2, 0.25) is 0 Å². The Kier molecular flexibility index (Phi) is 4.55. The molecule has 1 aliphatic rings. The summed E-state index contributed by atoms with van der Waals surface area (Å²) in [5.41, 5.74) is 6.12. The van der Waals surface area contributed by atoms with Gasteiger partial charge in [0.05, 0.1) is 11.7 Å². The van der Waals surface area contributed by atoms with Gasteiger partial charge in [0, 0.05) is 10.9 Å². The van der Waals surface area contributed by atoms with E-state index in [-0.39, 0.29) is 17.8 Å². The molecule has 1 saturated carbocycles. The van der Waals surface area contributed by atoms with E-state index in [9.17, 15) is 4.39 Å². The molecule has 2 N–H and O–H groups in total. The number of halogens is 1. The van der Waals surface area contributed by atoms with Crippen molar-refractivity contribution < 1.29 is 8.91 Å². The molecule has 1 aromatic carbocycles. The Morgan fingerprint density at radius 3 is 2.90 bits per heavy atom. The molecule has 2 atom stereocenters. The lowest BCUT2D eigenvalue weighted by molar-refractivity contribution is 0.289. The van der Waals surface area contributed by atoms with Crippen LogP contribution in [0.5, 0.6) is 0 Å². The van der Waals surface area contributed by atoms with Gasteiger partial charge in [-0.1, -0.05) is 30.1 Å². The predicted molar refractivity (Wildman–Crippen MR) is 79.4 cm³/mol. The maximum Gasteiger partial charge on any atom is 0.231 e. The number of rotatable bonds is 4. The number of hydrogen-bond acceptors (Lipinski definition) is 5. The molecule has 4 nitrogen and oxygen atoms in total. The Hall–Kier alpha value is -1.40. The molecule has 1 aromatic heterocycles. The molecule has 2 unspecified atom stereocenters. The summed E-state index contributed by atoms with van der Waals surface area (Å²) < 4.78 is 18.9. The first-order chi connectivity index (χ1) is 10.2. The fraction of sp³-hybridized carbons (Fsp3) is 0.467. The largest absolute Gasteiger partial charge is 0.339 e. The first-order valence-electron chi connectivity index (χ1n) is 7.19. The fourth-order valence-electron chi connectivity index (χ4n) is 2.65. The van der Waals surface area contributed by atoms with Crippen molar-refractivity contribution in [3.63, 3.8) is 0 Å². The van der Waals surface area contributed by atoms with Gasteiger partial charge in [0.25, 0.3) is 0 Å². The third-order valence-corrected chi connectivity index (χ3v) is 4.86. The molecule has 1 heterocycles. The van der Waals surface area contributed by atoms with Crippen LogP contribution in [0.4, 0.5) is 4.39 Å². The molecule has 0 amide bonds. The van der Waals surface area contributed by atoms with Crippen molar-refractivity contribution in [2.24, 2.45) is 5.73 Å². The second-order valence-electron chi connectivity index (χ2n) is 5.32. The third kappa shape index (κ3) is 3.44. The van der Waals surface area contributed by atoms with Crippen LogP contribution in [-0.4, -0.2) is 16.2 Å². The minimum Gasteiger partial charge on any atom is -0.339 e. The van der Waals surface area contributed by atoms with E-state index in [2.05, 4.69) is 10.1 Å². The molecule has 0 saturated heterocycles. The summed E-state index contributed by atoms with van der Waals surface area (Å²) in [6.45, 7) is 0. The van der Waals surface area contributed by atoms with Gasteiger partial charge in [0.15, 0.2) is 5.82 Å². The molecule has 3 rings (SSSR count). The van der Waals surface area contributed by atoms with Crippen LogP contribution in [-0.2, 0) is 5.75 Å². The highest BCUT2D eigenvalue weighted by Gasteiger charge is 2.28. The molecule has 1 aliphatic carbocycles. The summed E-state index contributed by atoms with van der Waals surface area (Å²) in [7, 11) is 0. The van der Waals surface area contributed by atoms with E-state index >= 15 is 0 Å². The monoisotopic (exact) mass is 307 g/mol. The van der Waals surface area contributed by atoms with Gasteiger partial charge in [-0.2, -0.15) is 4.98 Å². The number of nitrogens with zero attached hydrogens (tertiary/aromatic N) is 2. The average Bonchev–Trinajstić information content (AvgIpc) is 2.96. The number of benzene rings is 1. The van der Waals surface area contributed by atoms with E-state index in [1.165, 1.54) is 24.2 Å². The highest BCUT2D eigenvalue weighted by molar-refractivity contribution is 7.98. The third-order valence-electron chi connectivity index (χ3n) is 3.81. The van der Waals surface area contributed by atoms with Crippen LogP contribution in [0.15, 0.2) is 33.7 Å². The fourth-order valence-corrected chi connectivity index (χ4v) is 3.43. The standard InChI is InChI=1S/C15H18FN3OS/c16-11-6-2-4-8-13(11)21-9-14-18-15(20-19-14)10-5-1-3-7-12(10)17/h2,4,6,8,10,12H,1,3,5,7,9,17H2. The lowest BCUT2D eigenvalue weighted by atomic mass is 9.85. The topological polar surface area (TPSA) is 64.9 Å². The van der Waals surface area contributed by atoms with Gasteiger partial charge in [0.2, 0.25) is 5.89 Å². The minimum absolute atomic E-state index is 0.103. The molecule has 1 fully saturated rings. The van der Waals surface area contributed by atoms with Crippen LogP contribution in [0.25, 0.3) is 0 Å². The number of aromatic nitrogens is 2. The van der Waals surface area contributed by atoms with E-state index in [1.807, 2.05) is 6.07 Å². The highest BCUT2D eigenvalue weighted by Crippen LogP contribution is 2.31. The van der Waals surface area contributed by atoms with E-state index in [0.717, 1.165) is 19.3 Å². The van der Waals surface area contributed by atoms with Crippen molar-refractivity contribution in [3.05, 3.63) is 41.8 Å². The Labute approximate surface area is 127 Å². The summed E-state index contributed by atoms with van der Waals surface area (Å²) in [5.74, 6) is 1.66. The second kappa shape index (κ2) is 6.58. The summed E-state index contributed by atoms with van der Waals surface area (Å²) in [5, 5.41) is 3.99. The van der Waals surface area contributed by atoms with Crippen LogP contribution in [0.3, 0.4) is 0 Å². The Morgan fingerprint density at radius 2 is 2.10 bits per heavy atom. The molecule has 2 aromatic rings. The molecule has 21 heavy (non-hydrogen) atoms. The summed E-state index contributed by atoms with van der Waals surface area (Å²) >= 11 is 1.37. The quantitative estimate of drug-likeness (QED) is 0.876. The van der Waals surface area contributed by atoms with Crippen LogP contribution < -0.4 is 5.73 Å². The van der Waals surface area contributed by atoms with Gasteiger partial charge in [-0.05, 0) is 25.0 Å². The summed E-state index contributed by atoms with van der Waals surface area (Å²) in [4.78, 5) is 5.02. The SMILES string of the molecule is NC1CCCCC1c1nc(CSc2ccccc2F)no1. The molecule has 0 bridgehead atoms. The van der Waals surface area contributed by atoms with Gasteiger partial charge in [-0.3, -0.25) is 0 Å². The molecule has 0 radical (unpaired) electrons. The first kappa shape index (κ1) is 14.5. The number of hydrogen-bond donors (Lipinski definition) is 1. The van der Waals surface area contributed by atoms with Crippen molar-refractivity contribution >= 4 is 11.8 Å². The summed E-state index contributed by atoms with van der Waals surface area (Å²) in [6, 6.07) is 6.79. The molecular formula is C15H18FN3OS. The van der Waals surface area contributed by atoms with E-state index in [1.54, 1.807) is 12.1 Å². The normalized spacial score (nSPS) is 22.4. The highest BCUT2D eigenvalue weighted by atomic mass is 32.2. The smallest absolute Gasteiger partial charge is 0.231 e. The number of thioether (sulfide) groups is 1. The van der Waals surface area contributed by atoms with Crippen LogP contribution in [0.1, 0.15) is 43.3 Å². The van der Waals surface area contributed by atoms with E-state index in [4.69, 9.17) is 10.3 Å². The van der Waals surface area contributed by atoms with Crippen LogP contribution >= 0.6 is 11.8 Å². The van der Waals surface area contributed by atoms with Crippen molar-refractivity contribution in [2.45, 2.75) is 48.3 Å². The van der Waals surface area contributed by atoms with Crippen molar-refractivity contribution in [1.82, 2.24) is 10.1 Å². The number of nitrogens with two attached hydrogens (primary N) is 1. The lowest BCUT2D eigenvalue weighted by Crippen LogP contribution is -2.31.